The smallest absolute Gasteiger partial charge is 0.274 e. The first-order valence-electron chi connectivity index (χ1n) is 7.65. The fraction of sp³-hybridized carbons (Fsp3) is 0.278. The molecule has 0 aliphatic carbocycles. The van der Waals surface area contributed by atoms with E-state index in [1.54, 1.807) is 12.1 Å². The minimum atomic E-state index is -0.771. The van der Waals surface area contributed by atoms with E-state index in [2.05, 4.69) is 6.92 Å². The Morgan fingerprint density at radius 1 is 1.17 bits per heavy atom. The zero-order valence-electron chi connectivity index (χ0n) is 13.0. The van der Waals surface area contributed by atoms with E-state index in [-0.39, 0.29) is 11.3 Å². The lowest BCUT2D eigenvalue weighted by atomic mass is 10.1. The SMILES string of the molecule is CCCCCc1ccc(Oc2ccc(C(=O)NO)cc2F)cc1. The third-order valence-corrected chi connectivity index (χ3v) is 3.52. The Morgan fingerprint density at radius 3 is 2.52 bits per heavy atom. The largest absolute Gasteiger partial charge is 0.454 e. The number of hydrogen-bond acceptors (Lipinski definition) is 3. The number of benzene rings is 2. The summed E-state index contributed by atoms with van der Waals surface area (Å²) in [6.45, 7) is 2.17. The number of amides is 1. The van der Waals surface area contributed by atoms with Crippen LogP contribution in [0.4, 0.5) is 4.39 Å². The molecule has 4 nitrogen and oxygen atoms in total. The lowest BCUT2D eigenvalue weighted by Gasteiger charge is -2.09. The molecule has 2 aromatic carbocycles. The molecular formula is C18H20FNO3. The molecular weight excluding hydrogens is 297 g/mol. The predicted octanol–water partition coefficient (Wildman–Crippen LogP) is 4.47. The monoisotopic (exact) mass is 317 g/mol. The fourth-order valence-corrected chi connectivity index (χ4v) is 2.22. The van der Waals surface area contributed by atoms with E-state index in [0.717, 1.165) is 18.9 Å². The van der Waals surface area contributed by atoms with Crippen molar-refractivity contribution in [3.05, 3.63) is 59.4 Å². The van der Waals surface area contributed by atoms with Gasteiger partial charge in [-0.2, -0.15) is 0 Å². The molecule has 2 rings (SSSR count). The number of carbonyl (C=O) groups is 1. The van der Waals surface area contributed by atoms with E-state index >= 15 is 0 Å². The highest BCUT2D eigenvalue weighted by Gasteiger charge is 2.10. The Morgan fingerprint density at radius 2 is 1.91 bits per heavy atom. The zero-order valence-corrected chi connectivity index (χ0v) is 13.0. The van der Waals surface area contributed by atoms with Crippen molar-refractivity contribution in [3.63, 3.8) is 0 Å². The number of halogens is 1. The Balaban J connectivity index is 2.03. The van der Waals surface area contributed by atoms with E-state index in [9.17, 15) is 9.18 Å². The molecule has 122 valence electrons. The van der Waals surface area contributed by atoms with Gasteiger partial charge in [-0.15, -0.1) is 0 Å². The minimum absolute atomic E-state index is 0.0172. The van der Waals surface area contributed by atoms with Crippen LogP contribution in [0.1, 0.15) is 42.1 Å². The number of aryl methyl sites for hydroxylation is 1. The van der Waals surface area contributed by atoms with Crippen LogP contribution in [0.2, 0.25) is 0 Å². The molecule has 2 N–H and O–H groups in total. The van der Waals surface area contributed by atoms with Crippen LogP contribution in [0.15, 0.2) is 42.5 Å². The molecule has 0 unspecified atom stereocenters. The van der Waals surface area contributed by atoms with Crippen LogP contribution in [0.3, 0.4) is 0 Å². The molecule has 0 aromatic heterocycles. The van der Waals surface area contributed by atoms with Gasteiger partial charge in [-0.1, -0.05) is 31.9 Å². The predicted molar refractivity (Wildman–Crippen MR) is 85.4 cm³/mol. The molecule has 1 amide bonds. The molecule has 0 saturated heterocycles. The van der Waals surface area contributed by atoms with Crippen molar-refractivity contribution < 1.29 is 19.1 Å². The molecule has 0 spiro atoms. The maximum atomic E-state index is 13.9. The van der Waals surface area contributed by atoms with Crippen LogP contribution in [-0.2, 0) is 6.42 Å². The van der Waals surface area contributed by atoms with Crippen molar-refractivity contribution in [2.24, 2.45) is 0 Å². The summed E-state index contributed by atoms with van der Waals surface area (Å²) in [4.78, 5) is 11.2. The topological polar surface area (TPSA) is 58.6 Å². The number of hydrogen-bond donors (Lipinski definition) is 2. The van der Waals surface area contributed by atoms with Crippen molar-refractivity contribution in [1.29, 1.82) is 0 Å². The molecule has 0 saturated carbocycles. The van der Waals surface area contributed by atoms with Gasteiger partial charge in [0.2, 0.25) is 0 Å². The highest BCUT2D eigenvalue weighted by atomic mass is 19.1. The number of hydroxylamine groups is 1. The van der Waals surface area contributed by atoms with Gasteiger partial charge in [0.15, 0.2) is 11.6 Å². The average molecular weight is 317 g/mol. The third kappa shape index (κ3) is 4.79. The van der Waals surface area contributed by atoms with Crippen LogP contribution in [0.25, 0.3) is 0 Å². The summed E-state index contributed by atoms with van der Waals surface area (Å²) < 4.78 is 19.4. The van der Waals surface area contributed by atoms with Gasteiger partial charge in [-0.3, -0.25) is 10.0 Å². The van der Waals surface area contributed by atoms with Gasteiger partial charge in [-0.25, -0.2) is 9.87 Å². The van der Waals surface area contributed by atoms with Gasteiger partial charge in [0.25, 0.3) is 5.91 Å². The Kier molecular flexibility index (Phi) is 6.11. The van der Waals surface area contributed by atoms with Gasteiger partial charge in [0.1, 0.15) is 5.75 Å². The molecule has 5 heteroatoms. The van der Waals surface area contributed by atoms with Crippen LogP contribution in [0, 0.1) is 5.82 Å². The van der Waals surface area contributed by atoms with Crippen molar-refractivity contribution in [2.45, 2.75) is 32.6 Å². The van der Waals surface area contributed by atoms with Gasteiger partial charge in [0.05, 0.1) is 0 Å². The Hall–Kier alpha value is -2.40. The van der Waals surface area contributed by atoms with Crippen LogP contribution < -0.4 is 10.2 Å². The standard InChI is InChI=1S/C18H20FNO3/c1-2-3-4-5-13-6-9-15(10-7-13)23-17-11-8-14(12-16(17)19)18(21)20-22/h6-12,22H,2-5H2,1H3,(H,20,21). The second kappa shape index (κ2) is 8.29. The molecule has 0 aliphatic heterocycles. The van der Waals surface area contributed by atoms with E-state index in [4.69, 9.17) is 9.94 Å². The van der Waals surface area contributed by atoms with Crippen LogP contribution >= 0.6 is 0 Å². The summed E-state index contributed by atoms with van der Waals surface area (Å²) in [5, 5.41) is 8.53. The lowest BCUT2D eigenvalue weighted by Crippen LogP contribution is -2.18. The van der Waals surface area contributed by atoms with Crippen molar-refractivity contribution in [3.8, 4) is 11.5 Å². The van der Waals surface area contributed by atoms with Crippen molar-refractivity contribution >= 4 is 5.91 Å². The first-order chi connectivity index (χ1) is 11.1. The first kappa shape index (κ1) is 17.0. The van der Waals surface area contributed by atoms with Crippen LogP contribution in [-0.4, -0.2) is 11.1 Å². The number of carbonyl (C=O) groups excluding carboxylic acids is 1. The average Bonchev–Trinajstić information content (AvgIpc) is 2.57. The van der Waals surface area contributed by atoms with Gasteiger partial charge >= 0.3 is 0 Å². The normalized spacial score (nSPS) is 10.4. The number of nitrogens with one attached hydrogen (secondary N) is 1. The summed E-state index contributed by atoms with van der Waals surface area (Å²) in [6.07, 6.45) is 4.56. The second-order valence-corrected chi connectivity index (χ2v) is 5.29. The summed E-state index contributed by atoms with van der Waals surface area (Å²) in [7, 11) is 0. The maximum absolute atomic E-state index is 13.9. The summed E-state index contributed by atoms with van der Waals surface area (Å²) >= 11 is 0. The summed E-state index contributed by atoms with van der Waals surface area (Å²) in [6, 6.07) is 11.3. The molecule has 23 heavy (non-hydrogen) atoms. The Labute approximate surface area is 134 Å². The minimum Gasteiger partial charge on any atom is -0.454 e. The molecule has 0 aliphatic rings. The van der Waals surface area contributed by atoms with Gasteiger partial charge in [-0.05, 0) is 48.7 Å². The number of rotatable bonds is 7. The van der Waals surface area contributed by atoms with E-state index < -0.39 is 11.7 Å². The Bertz CT molecular complexity index is 656. The van der Waals surface area contributed by atoms with E-state index in [0.29, 0.717) is 5.75 Å². The van der Waals surface area contributed by atoms with Crippen molar-refractivity contribution in [2.75, 3.05) is 0 Å². The molecule has 0 bridgehead atoms. The molecule has 2 aromatic rings. The van der Waals surface area contributed by atoms with Crippen molar-refractivity contribution in [1.82, 2.24) is 5.48 Å². The molecule has 0 heterocycles. The highest BCUT2D eigenvalue weighted by Crippen LogP contribution is 2.25. The second-order valence-electron chi connectivity index (χ2n) is 5.29. The van der Waals surface area contributed by atoms with Crippen LogP contribution in [0.5, 0.6) is 11.5 Å². The molecule has 0 radical (unpaired) electrons. The van der Waals surface area contributed by atoms with Gasteiger partial charge in [0, 0.05) is 5.56 Å². The zero-order chi connectivity index (χ0) is 16.7. The molecule has 0 fully saturated rings. The third-order valence-electron chi connectivity index (χ3n) is 3.52. The van der Waals surface area contributed by atoms with E-state index in [1.807, 2.05) is 12.1 Å². The van der Waals surface area contributed by atoms with Gasteiger partial charge < -0.3 is 4.74 Å². The fourth-order valence-electron chi connectivity index (χ4n) is 2.22. The molecule has 0 atom stereocenters. The number of unbranched alkanes of at least 4 members (excludes halogenated alkanes) is 2. The maximum Gasteiger partial charge on any atom is 0.274 e. The lowest BCUT2D eigenvalue weighted by molar-refractivity contribution is 0.0706. The highest BCUT2D eigenvalue weighted by molar-refractivity contribution is 5.93. The first-order valence-corrected chi connectivity index (χ1v) is 7.65. The quantitative estimate of drug-likeness (QED) is 0.450. The summed E-state index contributed by atoms with van der Waals surface area (Å²) in [5.74, 6) is -0.884. The number of ether oxygens (including phenoxy) is 1. The summed E-state index contributed by atoms with van der Waals surface area (Å²) in [5.41, 5.74) is 2.70. The van der Waals surface area contributed by atoms with E-state index in [1.165, 1.54) is 36.0 Å².